The Kier molecular flexibility index (Phi) is 9.17. The van der Waals surface area contributed by atoms with Crippen molar-refractivity contribution in [2.45, 2.75) is 65.5 Å². The molecule has 0 aromatic rings. The summed E-state index contributed by atoms with van der Waals surface area (Å²) in [6.45, 7) is 13.1. The fraction of sp³-hybridized carbons (Fsp3) is 1.00. The van der Waals surface area contributed by atoms with Crippen LogP contribution in [0.1, 0.15) is 53.4 Å². The molecule has 1 saturated heterocycles. The van der Waals surface area contributed by atoms with Gasteiger partial charge in [0.1, 0.15) is 0 Å². The summed E-state index contributed by atoms with van der Waals surface area (Å²) >= 11 is 2.08. The van der Waals surface area contributed by atoms with Crippen LogP contribution >= 0.6 is 11.8 Å². The minimum atomic E-state index is 0.726. The first-order chi connectivity index (χ1) is 9.22. The molecule has 114 valence electrons. The van der Waals surface area contributed by atoms with Crippen LogP contribution in [0.3, 0.4) is 0 Å². The van der Waals surface area contributed by atoms with Crippen LogP contribution in [0.25, 0.3) is 0 Å². The molecule has 0 aromatic carbocycles. The van der Waals surface area contributed by atoms with Gasteiger partial charge in [-0.1, -0.05) is 40.5 Å². The third-order valence-corrected chi connectivity index (χ3v) is 5.40. The van der Waals surface area contributed by atoms with Gasteiger partial charge in [0.15, 0.2) is 0 Å². The highest BCUT2D eigenvalue weighted by Crippen LogP contribution is 2.20. The Morgan fingerprint density at radius 1 is 1.32 bits per heavy atom. The normalized spacial score (nSPS) is 26.5. The van der Waals surface area contributed by atoms with E-state index in [1.165, 1.54) is 56.8 Å². The van der Waals surface area contributed by atoms with Crippen LogP contribution in [0.2, 0.25) is 0 Å². The Morgan fingerprint density at radius 3 is 2.74 bits per heavy atom. The number of thioether (sulfide) groups is 1. The maximum absolute atomic E-state index is 3.77. The number of rotatable bonds is 9. The van der Waals surface area contributed by atoms with Gasteiger partial charge in [-0.25, -0.2) is 0 Å². The van der Waals surface area contributed by atoms with E-state index in [0.717, 1.165) is 18.0 Å². The number of hydrogen-bond acceptors (Lipinski definition) is 3. The second kappa shape index (κ2) is 10.1. The standard InChI is InChI=1S/C16H34N2S/c1-5-9-15-13-18(10-8-11-19-7-3)16(12-17-15)14(4)6-2/h14-17H,5-13H2,1-4H3. The molecule has 1 rings (SSSR count). The van der Waals surface area contributed by atoms with Crippen molar-refractivity contribution in [2.75, 3.05) is 31.1 Å². The average molecular weight is 287 g/mol. The summed E-state index contributed by atoms with van der Waals surface area (Å²) < 4.78 is 0. The molecule has 1 N–H and O–H groups in total. The zero-order chi connectivity index (χ0) is 14.1. The number of piperazine rings is 1. The van der Waals surface area contributed by atoms with Gasteiger partial charge in [0.05, 0.1) is 0 Å². The van der Waals surface area contributed by atoms with Crippen molar-refractivity contribution in [1.82, 2.24) is 10.2 Å². The van der Waals surface area contributed by atoms with Crippen LogP contribution in [0.5, 0.6) is 0 Å². The van der Waals surface area contributed by atoms with Gasteiger partial charge < -0.3 is 5.32 Å². The summed E-state index contributed by atoms with van der Waals surface area (Å²) in [6, 6.07) is 1.48. The first-order valence-corrected chi connectivity index (χ1v) is 9.43. The predicted octanol–water partition coefficient (Wildman–Crippen LogP) is 3.62. The van der Waals surface area contributed by atoms with Gasteiger partial charge >= 0.3 is 0 Å². The maximum atomic E-state index is 3.77. The predicted molar refractivity (Wildman–Crippen MR) is 89.1 cm³/mol. The SMILES string of the molecule is CCCC1CN(CCCSCC)C(C(C)CC)CN1. The Balaban J connectivity index is 2.45. The molecule has 1 fully saturated rings. The lowest BCUT2D eigenvalue weighted by molar-refractivity contribution is 0.0893. The van der Waals surface area contributed by atoms with E-state index >= 15 is 0 Å². The molecule has 1 aliphatic heterocycles. The quantitative estimate of drug-likeness (QED) is 0.652. The summed E-state index contributed by atoms with van der Waals surface area (Å²) in [5.74, 6) is 3.40. The number of hydrogen-bond donors (Lipinski definition) is 1. The van der Waals surface area contributed by atoms with Crippen molar-refractivity contribution in [1.29, 1.82) is 0 Å². The van der Waals surface area contributed by atoms with E-state index in [1.54, 1.807) is 0 Å². The first kappa shape index (κ1) is 17.3. The van der Waals surface area contributed by atoms with Crippen LogP contribution in [-0.4, -0.2) is 48.1 Å². The van der Waals surface area contributed by atoms with Gasteiger partial charge in [-0.15, -0.1) is 0 Å². The second-order valence-corrected chi connectivity index (χ2v) is 7.29. The molecule has 0 spiro atoms. The Labute approximate surface area is 125 Å². The van der Waals surface area contributed by atoms with Crippen molar-refractivity contribution < 1.29 is 0 Å². The Bertz CT molecular complexity index is 223. The minimum absolute atomic E-state index is 0.726. The van der Waals surface area contributed by atoms with E-state index in [1.807, 2.05) is 0 Å². The third-order valence-electron chi connectivity index (χ3n) is 4.42. The molecule has 0 aliphatic carbocycles. The molecule has 0 bridgehead atoms. The molecular weight excluding hydrogens is 252 g/mol. The Morgan fingerprint density at radius 2 is 2.11 bits per heavy atom. The number of nitrogens with one attached hydrogen (secondary N) is 1. The molecule has 3 heteroatoms. The minimum Gasteiger partial charge on any atom is -0.311 e. The topological polar surface area (TPSA) is 15.3 Å². The van der Waals surface area contributed by atoms with Gasteiger partial charge in [-0.3, -0.25) is 4.90 Å². The first-order valence-electron chi connectivity index (χ1n) is 8.28. The fourth-order valence-corrected chi connectivity index (χ4v) is 3.67. The van der Waals surface area contributed by atoms with Crippen LogP contribution < -0.4 is 5.32 Å². The van der Waals surface area contributed by atoms with Gasteiger partial charge in [0.2, 0.25) is 0 Å². The molecule has 0 amide bonds. The largest absolute Gasteiger partial charge is 0.311 e. The molecule has 0 aromatic heterocycles. The van der Waals surface area contributed by atoms with Crippen molar-refractivity contribution in [3.8, 4) is 0 Å². The highest BCUT2D eigenvalue weighted by Gasteiger charge is 2.29. The van der Waals surface area contributed by atoms with E-state index in [9.17, 15) is 0 Å². The molecule has 3 atom stereocenters. The third kappa shape index (κ3) is 6.05. The van der Waals surface area contributed by atoms with Crippen molar-refractivity contribution in [3.05, 3.63) is 0 Å². The van der Waals surface area contributed by atoms with E-state index in [-0.39, 0.29) is 0 Å². The van der Waals surface area contributed by atoms with Crippen LogP contribution in [0.4, 0.5) is 0 Å². The maximum Gasteiger partial charge on any atom is 0.0246 e. The zero-order valence-corrected chi connectivity index (χ0v) is 14.3. The summed E-state index contributed by atoms with van der Waals surface area (Å²) in [5, 5.41) is 3.77. The summed E-state index contributed by atoms with van der Waals surface area (Å²) in [5.41, 5.74) is 0. The molecule has 3 unspecified atom stereocenters. The van der Waals surface area contributed by atoms with Gasteiger partial charge in [-0.2, -0.15) is 11.8 Å². The van der Waals surface area contributed by atoms with Crippen molar-refractivity contribution in [3.63, 3.8) is 0 Å². The van der Waals surface area contributed by atoms with E-state index in [2.05, 4.69) is 49.7 Å². The lowest BCUT2D eigenvalue weighted by Crippen LogP contribution is -2.58. The van der Waals surface area contributed by atoms with E-state index in [4.69, 9.17) is 0 Å². The number of nitrogens with zero attached hydrogens (tertiary/aromatic N) is 1. The highest BCUT2D eigenvalue weighted by atomic mass is 32.2. The molecular formula is C16H34N2S. The van der Waals surface area contributed by atoms with Crippen molar-refractivity contribution >= 4 is 11.8 Å². The molecule has 1 heterocycles. The smallest absolute Gasteiger partial charge is 0.0246 e. The lowest BCUT2D eigenvalue weighted by Gasteiger charge is -2.43. The molecule has 0 radical (unpaired) electrons. The van der Waals surface area contributed by atoms with Gasteiger partial charge in [0, 0.05) is 25.2 Å². The highest BCUT2D eigenvalue weighted by molar-refractivity contribution is 7.99. The molecule has 0 saturated carbocycles. The van der Waals surface area contributed by atoms with Crippen LogP contribution in [0.15, 0.2) is 0 Å². The van der Waals surface area contributed by atoms with Gasteiger partial charge in [0.25, 0.3) is 0 Å². The van der Waals surface area contributed by atoms with Crippen LogP contribution in [0, 0.1) is 5.92 Å². The van der Waals surface area contributed by atoms with Crippen LogP contribution in [-0.2, 0) is 0 Å². The van der Waals surface area contributed by atoms with Gasteiger partial charge in [-0.05, 0) is 36.8 Å². The second-order valence-electron chi connectivity index (χ2n) is 5.89. The monoisotopic (exact) mass is 286 g/mol. The summed E-state index contributed by atoms with van der Waals surface area (Å²) in [6.07, 6.45) is 5.27. The molecule has 2 nitrogen and oxygen atoms in total. The van der Waals surface area contributed by atoms with E-state index in [0.29, 0.717) is 0 Å². The van der Waals surface area contributed by atoms with E-state index < -0.39 is 0 Å². The zero-order valence-electron chi connectivity index (χ0n) is 13.5. The summed E-state index contributed by atoms with van der Waals surface area (Å²) in [7, 11) is 0. The summed E-state index contributed by atoms with van der Waals surface area (Å²) in [4.78, 5) is 2.78. The fourth-order valence-electron chi connectivity index (χ4n) is 3.05. The molecule has 19 heavy (non-hydrogen) atoms. The lowest BCUT2D eigenvalue weighted by atomic mass is 9.93. The average Bonchev–Trinajstić information content (AvgIpc) is 2.43. The molecule has 1 aliphatic rings. The van der Waals surface area contributed by atoms with Crippen molar-refractivity contribution in [2.24, 2.45) is 5.92 Å². The Hall–Kier alpha value is 0.270.